The minimum atomic E-state index is -3.95. The van der Waals surface area contributed by atoms with Crippen LogP contribution in [0.25, 0.3) is 0 Å². The molecule has 0 aromatic heterocycles. The van der Waals surface area contributed by atoms with Crippen LogP contribution < -0.4 is 13.8 Å². The maximum absolute atomic E-state index is 12.8. The molecule has 0 saturated carbocycles. The highest BCUT2D eigenvalue weighted by molar-refractivity contribution is 7.94. The van der Waals surface area contributed by atoms with E-state index in [1.807, 2.05) is 0 Å². The van der Waals surface area contributed by atoms with Gasteiger partial charge in [0.25, 0.3) is 10.0 Å². The highest BCUT2D eigenvalue weighted by atomic mass is 32.2. The van der Waals surface area contributed by atoms with Crippen molar-refractivity contribution in [2.24, 2.45) is 5.92 Å². The highest BCUT2D eigenvalue weighted by Gasteiger charge is 2.42. The monoisotopic (exact) mass is 424 g/mol. The SMILES string of the molecule is COc1ccccc1NS(=O)(=O)c1ccc(N2C(=O)C(C)CS2(=O)=O)cc1C. The number of sulfonamides is 2. The van der Waals surface area contributed by atoms with Crippen molar-refractivity contribution in [3.63, 3.8) is 0 Å². The number of amides is 1. The number of nitrogens with one attached hydrogen (secondary N) is 1. The van der Waals surface area contributed by atoms with Crippen molar-refractivity contribution in [3.8, 4) is 5.75 Å². The van der Waals surface area contributed by atoms with Crippen molar-refractivity contribution in [3.05, 3.63) is 48.0 Å². The van der Waals surface area contributed by atoms with Gasteiger partial charge in [0.2, 0.25) is 15.9 Å². The van der Waals surface area contributed by atoms with Crippen LogP contribution in [0.5, 0.6) is 5.75 Å². The Morgan fingerprint density at radius 3 is 2.43 bits per heavy atom. The average molecular weight is 425 g/mol. The third-order valence-electron chi connectivity index (χ3n) is 4.39. The number of para-hydroxylation sites is 2. The number of aryl methyl sites for hydroxylation is 1. The second-order valence-corrected chi connectivity index (χ2v) is 10.1. The molecule has 10 heteroatoms. The molecule has 3 rings (SSSR count). The van der Waals surface area contributed by atoms with E-state index in [2.05, 4.69) is 4.72 Å². The molecule has 28 heavy (non-hydrogen) atoms. The summed E-state index contributed by atoms with van der Waals surface area (Å²) in [5.41, 5.74) is 0.713. The number of anilines is 2. The van der Waals surface area contributed by atoms with Crippen LogP contribution in [0.15, 0.2) is 47.4 Å². The lowest BCUT2D eigenvalue weighted by Gasteiger charge is -2.18. The van der Waals surface area contributed by atoms with Crippen LogP contribution in [0.2, 0.25) is 0 Å². The van der Waals surface area contributed by atoms with Gasteiger partial charge in [-0.15, -0.1) is 0 Å². The molecule has 8 nitrogen and oxygen atoms in total. The van der Waals surface area contributed by atoms with E-state index in [-0.39, 0.29) is 22.0 Å². The molecule has 0 radical (unpaired) electrons. The lowest BCUT2D eigenvalue weighted by atomic mass is 10.2. The van der Waals surface area contributed by atoms with Gasteiger partial charge in [0.15, 0.2) is 0 Å². The molecule has 0 spiro atoms. The predicted octanol–water partition coefficient (Wildman–Crippen LogP) is 2.12. The third-order valence-corrected chi connectivity index (χ3v) is 7.79. The van der Waals surface area contributed by atoms with Gasteiger partial charge < -0.3 is 4.74 Å². The van der Waals surface area contributed by atoms with Crippen molar-refractivity contribution in [1.29, 1.82) is 0 Å². The van der Waals surface area contributed by atoms with E-state index in [0.717, 1.165) is 4.31 Å². The maximum Gasteiger partial charge on any atom is 0.262 e. The average Bonchev–Trinajstić information content (AvgIpc) is 2.81. The zero-order valence-corrected chi connectivity index (χ0v) is 17.2. The molecular formula is C18H20N2O6S2. The van der Waals surface area contributed by atoms with E-state index in [1.54, 1.807) is 31.2 Å². The van der Waals surface area contributed by atoms with Gasteiger partial charge in [-0.25, -0.2) is 21.1 Å². The van der Waals surface area contributed by atoms with E-state index in [0.29, 0.717) is 11.3 Å². The first-order valence-electron chi connectivity index (χ1n) is 8.40. The Morgan fingerprint density at radius 1 is 1.18 bits per heavy atom. The largest absolute Gasteiger partial charge is 0.495 e. The minimum Gasteiger partial charge on any atom is -0.495 e. The highest BCUT2D eigenvalue weighted by Crippen LogP contribution is 2.32. The van der Waals surface area contributed by atoms with Gasteiger partial charge in [-0.05, 0) is 42.8 Å². The molecule has 1 amide bonds. The zero-order valence-electron chi connectivity index (χ0n) is 15.5. The maximum atomic E-state index is 12.8. The quantitative estimate of drug-likeness (QED) is 0.787. The van der Waals surface area contributed by atoms with Crippen LogP contribution in [-0.2, 0) is 24.8 Å². The summed E-state index contributed by atoms with van der Waals surface area (Å²) in [6.45, 7) is 3.08. The standard InChI is InChI=1S/C18H20N2O6S2/c1-12-10-14(20-18(21)13(2)11-27(20,22)23)8-9-17(12)28(24,25)19-15-6-4-5-7-16(15)26-3/h4-10,13,19H,11H2,1-3H3. The number of rotatable bonds is 5. The van der Waals surface area contributed by atoms with Gasteiger partial charge in [0, 0.05) is 0 Å². The van der Waals surface area contributed by atoms with Gasteiger partial charge in [-0.1, -0.05) is 19.1 Å². The molecule has 1 atom stereocenters. The Hall–Kier alpha value is -2.59. The molecule has 1 aliphatic rings. The number of carbonyl (C=O) groups excluding carboxylic acids is 1. The Kier molecular flexibility index (Phi) is 5.11. The van der Waals surface area contributed by atoms with Gasteiger partial charge in [-0.2, -0.15) is 0 Å². The van der Waals surface area contributed by atoms with E-state index in [1.165, 1.54) is 32.2 Å². The lowest BCUT2D eigenvalue weighted by molar-refractivity contribution is -0.119. The minimum absolute atomic E-state index is 0.0285. The van der Waals surface area contributed by atoms with Gasteiger partial charge >= 0.3 is 0 Å². The number of methoxy groups -OCH3 is 1. The van der Waals surface area contributed by atoms with Gasteiger partial charge in [0.05, 0.1) is 35.1 Å². The summed E-state index contributed by atoms with van der Waals surface area (Å²) in [5.74, 6) is -1.06. The van der Waals surface area contributed by atoms with Crippen LogP contribution in [-0.4, -0.2) is 35.6 Å². The Labute approximate surface area is 164 Å². The van der Waals surface area contributed by atoms with Gasteiger partial charge in [0.1, 0.15) is 5.75 Å². The van der Waals surface area contributed by atoms with Crippen molar-refractivity contribution >= 4 is 37.3 Å². The van der Waals surface area contributed by atoms with Crippen molar-refractivity contribution in [1.82, 2.24) is 0 Å². The lowest BCUT2D eigenvalue weighted by Crippen LogP contribution is -2.30. The number of nitrogens with zero attached hydrogens (tertiary/aromatic N) is 1. The molecule has 1 unspecified atom stereocenters. The smallest absolute Gasteiger partial charge is 0.262 e. The second kappa shape index (κ2) is 7.10. The Balaban J connectivity index is 1.97. The summed E-state index contributed by atoms with van der Waals surface area (Å²) in [7, 11) is -6.28. The van der Waals surface area contributed by atoms with Crippen molar-refractivity contribution in [2.75, 3.05) is 21.9 Å². The summed E-state index contributed by atoms with van der Waals surface area (Å²) in [6, 6.07) is 10.6. The van der Waals surface area contributed by atoms with Crippen LogP contribution >= 0.6 is 0 Å². The number of benzene rings is 2. The number of carbonyl (C=O) groups is 1. The number of ether oxygens (including phenoxy) is 1. The van der Waals surface area contributed by atoms with E-state index >= 15 is 0 Å². The molecule has 150 valence electrons. The molecule has 1 saturated heterocycles. The fourth-order valence-electron chi connectivity index (χ4n) is 3.08. The summed E-state index contributed by atoms with van der Waals surface area (Å²) in [5, 5.41) is 0. The topological polar surface area (TPSA) is 110 Å². The Morgan fingerprint density at radius 2 is 1.86 bits per heavy atom. The first-order chi connectivity index (χ1) is 13.1. The number of hydrogen-bond donors (Lipinski definition) is 1. The summed E-state index contributed by atoms with van der Waals surface area (Å²) in [6.07, 6.45) is 0. The van der Waals surface area contributed by atoms with E-state index in [4.69, 9.17) is 4.74 Å². The fourth-order valence-corrected chi connectivity index (χ4v) is 6.19. The molecular weight excluding hydrogens is 404 g/mol. The molecule has 2 aromatic carbocycles. The fraction of sp³-hybridized carbons (Fsp3) is 0.278. The number of hydrogen-bond acceptors (Lipinski definition) is 6. The van der Waals surface area contributed by atoms with Crippen LogP contribution in [0.1, 0.15) is 12.5 Å². The van der Waals surface area contributed by atoms with E-state index in [9.17, 15) is 21.6 Å². The van der Waals surface area contributed by atoms with Crippen molar-refractivity contribution in [2.45, 2.75) is 18.7 Å². The third kappa shape index (κ3) is 3.57. The van der Waals surface area contributed by atoms with Crippen LogP contribution in [0, 0.1) is 12.8 Å². The first kappa shape index (κ1) is 20.2. The summed E-state index contributed by atoms with van der Waals surface area (Å²) >= 11 is 0. The molecule has 1 fully saturated rings. The molecule has 1 N–H and O–H groups in total. The zero-order chi connectivity index (χ0) is 20.7. The summed E-state index contributed by atoms with van der Waals surface area (Å²) in [4.78, 5) is 12.2. The molecule has 0 aliphatic carbocycles. The molecule has 0 bridgehead atoms. The summed E-state index contributed by atoms with van der Waals surface area (Å²) < 4.78 is 58.5. The van der Waals surface area contributed by atoms with Gasteiger partial charge in [-0.3, -0.25) is 9.52 Å². The molecule has 1 heterocycles. The Bertz CT molecular complexity index is 1140. The second-order valence-electron chi connectivity index (χ2n) is 6.54. The van der Waals surface area contributed by atoms with Crippen LogP contribution in [0.3, 0.4) is 0 Å². The normalized spacial score (nSPS) is 18.9. The molecule has 1 aliphatic heterocycles. The van der Waals surface area contributed by atoms with Crippen molar-refractivity contribution < 1.29 is 26.4 Å². The van der Waals surface area contributed by atoms with Crippen LogP contribution in [0.4, 0.5) is 11.4 Å². The predicted molar refractivity (Wildman–Crippen MR) is 105 cm³/mol. The first-order valence-corrected chi connectivity index (χ1v) is 11.5. The molecule has 2 aromatic rings. The van der Waals surface area contributed by atoms with E-state index < -0.39 is 31.9 Å².